The highest BCUT2D eigenvalue weighted by atomic mass is 16.4. The summed E-state index contributed by atoms with van der Waals surface area (Å²) in [6.07, 6.45) is 1.51. The molecule has 21 heavy (non-hydrogen) atoms. The Labute approximate surface area is 121 Å². The average molecular weight is 293 g/mol. The van der Waals surface area contributed by atoms with E-state index in [1.165, 1.54) is 24.3 Å². The van der Waals surface area contributed by atoms with E-state index in [9.17, 15) is 19.8 Å². The molecule has 3 N–H and O–H groups in total. The first-order chi connectivity index (χ1) is 10.0. The number of aliphatic carboxylic acids is 1. The van der Waals surface area contributed by atoms with E-state index in [2.05, 4.69) is 10.1 Å². The minimum absolute atomic E-state index is 0.0901. The average Bonchev–Trinajstić information content (AvgIpc) is 2.46. The number of aromatic hydroxyl groups is 1. The van der Waals surface area contributed by atoms with Gasteiger partial charge in [0.1, 0.15) is 11.3 Å². The fourth-order valence-electron chi connectivity index (χ4n) is 1.82. The first kappa shape index (κ1) is 16.3. The van der Waals surface area contributed by atoms with Crippen molar-refractivity contribution in [3.8, 4) is 5.75 Å². The Morgan fingerprint density at radius 2 is 2.10 bits per heavy atom. The standard InChI is InChI=1S/C13H16N4O4/c1-2-3-7-10(13(20)21)17(16-15-14)12(19)9-6-4-5-8-11(9)18/h4-6,8,10,14H,2-3,7H2,1H3,(H-,18,19,20,21)/p+1. The second-order valence-electron chi connectivity index (χ2n) is 4.35. The molecule has 8 nitrogen and oxygen atoms in total. The number of carboxylic acids is 1. The molecule has 1 aromatic rings. The zero-order valence-corrected chi connectivity index (χ0v) is 11.6. The normalized spacial score (nSPS) is 11.3. The monoisotopic (exact) mass is 293 g/mol. The molecule has 112 valence electrons. The molecule has 0 bridgehead atoms. The van der Waals surface area contributed by atoms with Crippen LogP contribution in [0.1, 0.15) is 36.5 Å². The molecule has 0 aliphatic carbocycles. The fraction of sp³-hybridized carbons (Fsp3) is 0.385. The summed E-state index contributed by atoms with van der Waals surface area (Å²) in [5, 5.41) is 22.8. The molecule has 0 aliphatic heterocycles. The van der Waals surface area contributed by atoms with Crippen LogP contribution in [-0.2, 0) is 4.79 Å². The molecule has 0 saturated carbocycles. The lowest BCUT2D eigenvalue weighted by molar-refractivity contribution is -0.142. The summed E-state index contributed by atoms with van der Waals surface area (Å²) in [4.78, 5) is 26.4. The Balaban J connectivity index is 3.15. The summed E-state index contributed by atoms with van der Waals surface area (Å²) in [6, 6.07) is 4.50. The number of benzene rings is 1. The largest absolute Gasteiger partial charge is 0.507 e. The SMILES string of the molecule is CCCCC(C(=O)O)N(N=[N+]=N)C(=O)c1ccccc1O. The van der Waals surface area contributed by atoms with Crippen molar-refractivity contribution < 1.29 is 19.8 Å². The Hall–Kier alpha value is -2.73. The highest BCUT2D eigenvalue weighted by molar-refractivity contribution is 5.98. The zero-order valence-electron chi connectivity index (χ0n) is 11.6. The van der Waals surface area contributed by atoms with Gasteiger partial charge in [0.15, 0.2) is 0 Å². The number of unbranched alkanes of at least 4 members (excludes halogenated alkanes) is 1. The van der Waals surface area contributed by atoms with E-state index in [-0.39, 0.29) is 17.7 Å². The number of carbonyl (C=O) groups is 2. The quantitative estimate of drug-likeness (QED) is 0.403. The van der Waals surface area contributed by atoms with Gasteiger partial charge in [-0.05, 0) is 24.1 Å². The summed E-state index contributed by atoms with van der Waals surface area (Å²) >= 11 is 0. The van der Waals surface area contributed by atoms with Gasteiger partial charge < -0.3 is 10.2 Å². The third-order valence-corrected chi connectivity index (χ3v) is 2.90. The molecule has 1 unspecified atom stereocenters. The molecule has 0 fully saturated rings. The molecule has 8 heteroatoms. The van der Waals surface area contributed by atoms with Crippen molar-refractivity contribution in [1.29, 1.82) is 5.53 Å². The maximum absolute atomic E-state index is 12.3. The lowest BCUT2D eigenvalue weighted by atomic mass is 10.1. The molecule has 0 saturated heterocycles. The number of nitrogens with zero attached hydrogens (tertiary/aromatic N) is 3. The van der Waals surface area contributed by atoms with Gasteiger partial charge in [-0.15, -0.1) is 0 Å². The maximum atomic E-state index is 12.3. The van der Waals surface area contributed by atoms with Gasteiger partial charge in [-0.1, -0.05) is 30.5 Å². The van der Waals surface area contributed by atoms with Crippen molar-refractivity contribution >= 4 is 11.9 Å². The van der Waals surface area contributed by atoms with Gasteiger partial charge in [0.05, 0.1) is 4.91 Å². The van der Waals surface area contributed by atoms with Crippen LogP contribution in [0.5, 0.6) is 5.75 Å². The minimum atomic E-state index is -1.24. The number of hydrogen-bond acceptors (Lipinski definition) is 5. The van der Waals surface area contributed by atoms with Crippen LogP contribution in [0.2, 0.25) is 0 Å². The van der Waals surface area contributed by atoms with Crippen LogP contribution in [0.25, 0.3) is 0 Å². The Bertz CT molecular complexity index is 569. The minimum Gasteiger partial charge on any atom is -0.507 e. The molecule has 1 rings (SSSR count). The van der Waals surface area contributed by atoms with Gasteiger partial charge >= 0.3 is 11.9 Å². The number of rotatable bonds is 7. The maximum Gasteiger partial charge on any atom is 0.366 e. The van der Waals surface area contributed by atoms with Crippen molar-refractivity contribution in [1.82, 2.24) is 9.92 Å². The molecule has 0 aliphatic rings. The molecule has 0 heterocycles. The van der Waals surface area contributed by atoms with Crippen LogP contribution in [-0.4, -0.2) is 33.1 Å². The van der Waals surface area contributed by atoms with Gasteiger partial charge in [0, 0.05) is 6.42 Å². The topological polar surface area (TPSA) is 128 Å². The Kier molecular flexibility index (Phi) is 6.03. The van der Waals surface area contributed by atoms with Gasteiger partial charge in [-0.2, -0.15) is 0 Å². The summed E-state index contributed by atoms with van der Waals surface area (Å²) in [5.74, 6) is -2.33. The van der Waals surface area contributed by atoms with Crippen LogP contribution in [0.15, 0.2) is 29.5 Å². The molecule has 1 amide bonds. The van der Waals surface area contributed by atoms with E-state index >= 15 is 0 Å². The summed E-state index contributed by atoms with van der Waals surface area (Å²) in [6.45, 7) is 1.89. The second-order valence-corrected chi connectivity index (χ2v) is 4.35. The molecular weight excluding hydrogens is 276 g/mol. The molecule has 0 radical (unpaired) electrons. The Morgan fingerprint density at radius 3 is 2.62 bits per heavy atom. The van der Waals surface area contributed by atoms with Gasteiger partial charge in [-0.25, -0.2) is 9.59 Å². The highest BCUT2D eigenvalue weighted by Gasteiger charge is 2.39. The van der Waals surface area contributed by atoms with E-state index in [0.717, 1.165) is 6.42 Å². The smallest absolute Gasteiger partial charge is 0.366 e. The first-order valence-electron chi connectivity index (χ1n) is 6.44. The van der Waals surface area contributed by atoms with Crippen LogP contribution in [0.4, 0.5) is 0 Å². The van der Waals surface area contributed by atoms with Crippen molar-refractivity contribution in [2.75, 3.05) is 0 Å². The number of nitrogens with one attached hydrogen (secondary N) is 1. The first-order valence-corrected chi connectivity index (χ1v) is 6.44. The number of carbonyl (C=O) groups excluding carboxylic acids is 1. The molecular formula is C13H17N4O4+. The number of phenolic OH excluding ortho intramolecular Hbond substituents is 1. The summed E-state index contributed by atoms with van der Waals surface area (Å²) in [7, 11) is 0. The lowest BCUT2D eigenvalue weighted by Gasteiger charge is -2.14. The number of phenols is 1. The van der Waals surface area contributed by atoms with Gasteiger partial charge in [0.25, 0.3) is 0 Å². The number of carboxylic acid groups (broad SMARTS) is 1. The highest BCUT2D eigenvalue weighted by Crippen LogP contribution is 2.21. The second kappa shape index (κ2) is 7.76. The van der Waals surface area contributed by atoms with Crippen molar-refractivity contribution in [2.24, 2.45) is 5.22 Å². The van der Waals surface area contributed by atoms with Crippen molar-refractivity contribution in [2.45, 2.75) is 32.2 Å². The molecule has 0 spiro atoms. The Morgan fingerprint density at radius 1 is 1.43 bits per heavy atom. The predicted octanol–water partition coefficient (Wildman–Crippen LogP) is 1.94. The predicted molar refractivity (Wildman–Crippen MR) is 72.5 cm³/mol. The van der Waals surface area contributed by atoms with Crippen molar-refractivity contribution in [3.05, 3.63) is 29.8 Å². The molecule has 1 aromatic carbocycles. The third-order valence-electron chi connectivity index (χ3n) is 2.90. The summed E-state index contributed by atoms with van der Waals surface area (Å²) < 4.78 is 0. The summed E-state index contributed by atoms with van der Waals surface area (Å²) in [5.41, 5.74) is 6.67. The number of para-hydroxylation sites is 1. The van der Waals surface area contributed by atoms with E-state index in [1.54, 1.807) is 0 Å². The fourth-order valence-corrected chi connectivity index (χ4v) is 1.82. The van der Waals surface area contributed by atoms with Crippen LogP contribution >= 0.6 is 0 Å². The van der Waals surface area contributed by atoms with E-state index in [1.807, 2.05) is 6.92 Å². The van der Waals surface area contributed by atoms with Gasteiger partial charge in [0.2, 0.25) is 11.3 Å². The molecule has 1 atom stereocenters. The zero-order chi connectivity index (χ0) is 15.8. The van der Waals surface area contributed by atoms with Crippen LogP contribution in [0, 0.1) is 5.53 Å². The van der Waals surface area contributed by atoms with E-state index in [4.69, 9.17) is 5.53 Å². The van der Waals surface area contributed by atoms with E-state index < -0.39 is 17.9 Å². The van der Waals surface area contributed by atoms with Gasteiger partial charge in [-0.3, -0.25) is 0 Å². The molecule has 0 aromatic heterocycles. The van der Waals surface area contributed by atoms with Crippen molar-refractivity contribution in [3.63, 3.8) is 0 Å². The lowest BCUT2D eigenvalue weighted by Crippen LogP contribution is -2.41. The van der Waals surface area contributed by atoms with Crippen LogP contribution in [0.3, 0.4) is 0 Å². The third kappa shape index (κ3) is 4.12. The van der Waals surface area contributed by atoms with E-state index in [0.29, 0.717) is 11.4 Å². The van der Waals surface area contributed by atoms with Crippen LogP contribution < -0.4 is 4.91 Å². The number of amides is 1. The number of hydrogen-bond donors (Lipinski definition) is 3.